The molecule has 0 saturated heterocycles. The highest BCUT2D eigenvalue weighted by molar-refractivity contribution is 5.91. The summed E-state index contributed by atoms with van der Waals surface area (Å²) in [5, 5.41) is 0. The van der Waals surface area contributed by atoms with Crippen LogP contribution in [0.1, 0.15) is 21.9 Å². The number of anilines is 1. The molecule has 0 bridgehead atoms. The number of benzene rings is 1. The van der Waals surface area contributed by atoms with Crippen molar-refractivity contribution in [3.8, 4) is 11.3 Å². The van der Waals surface area contributed by atoms with Gasteiger partial charge in [-0.3, -0.25) is 15.2 Å². The number of nitrogens with one attached hydrogen (secondary N) is 1. The second-order valence-corrected chi connectivity index (χ2v) is 5.74. The second kappa shape index (κ2) is 6.29. The third kappa shape index (κ3) is 2.92. The molecule has 1 aliphatic rings. The number of fused-ring (bicyclic) bond motifs is 1. The standard InChI is InChI=1S/C18H16N6O/c19-23-18(25)17-21-14(12-5-2-1-3-6-12)9-16(22-17)24-10-13-7-4-8-20-15(13)11-24/h1-9H,10-11,19H2,(H,23,25). The van der Waals surface area contributed by atoms with E-state index in [4.69, 9.17) is 5.84 Å². The van der Waals surface area contributed by atoms with E-state index in [0.717, 1.165) is 16.8 Å². The van der Waals surface area contributed by atoms with Crippen LogP contribution >= 0.6 is 0 Å². The third-order valence-electron chi connectivity index (χ3n) is 4.13. The number of rotatable bonds is 3. The Hall–Kier alpha value is -3.32. The number of nitrogen functional groups attached to an aromatic ring is 1. The molecule has 1 aromatic carbocycles. The molecule has 124 valence electrons. The number of nitrogens with two attached hydrogens (primary N) is 1. The molecule has 1 amide bonds. The molecule has 7 heteroatoms. The number of carbonyl (C=O) groups excluding carboxylic acids is 1. The highest BCUT2D eigenvalue weighted by Crippen LogP contribution is 2.28. The lowest BCUT2D eigenvalue weighted by atomic mass is 10.1. The Morgan fingerprint density at radius 2 is 1.92 bits per heavy atom. The first-order valence-corrected chi connectivity index (χ1v) is 7.88. The van der Waals surface area contributed by atoms with E-state index in [1.165, 1.54) is 0 Å². The van der Waals surface area contributed by atoms with Gasteiger partial charge in [-0.2, -0.15) is 0 Å². The predicted octanol–water partition coefficient (Wildman–Crippen LogP) is 1.66. The molecular weight excluding hydrogens is 316 g/mol. The number of hydrazine groups is 1. The third-order valence-corrected chi connectivity index (χ3v) is 4.13. The van der Waals surface area contributed by atoms with E-state index in [1.54, 1.807) is 6.20 Å². The van der Waals surface area contributed by atoms with Crippen LogP contribution in [0.25, 0.3) is 11.3 Å². The van der Waals surface area contributed by atoms with Gasteiger partial charge in [0.25, 0.3) is 0 Å². The Balaban J connectivity index is 1.76. The van der Waals surface area contributed by atoms with Gasteiger partial charge in [-0.05, 0) is 11.6 Å². The van der Waals surface area contributed by atoms with Gasteiger partial charge in [0.05, 0.1) is 17.9 Å². The number of hydrogen-bond donors (Lipinski definition) is 2. The van der Waals surface area contributed by atoms with Crippen molar-refractivity contribution >= 4 is 11.7 Å². The maximum Gasteiger partial charge on any atom is 0.303 e. The SMILES string of the molecule is NNC(=O)c1nc(-c2ccccc2)cc(N2Cc3cccnc3C2)n1. The molecule has 7 nitrogen and oxygen atoms in total. The molecule has 0 atom stereocenters. The molecule has 2 aromatic heterocycles. The summed E-state index contributed by atoms with van der Waals surface area (Å²) in [6, 6.07) is 15.5. The monoisotopic (exact) mass is 332 g/mol. The quantitative estimate of drug-likeness (QED) is 0.430. The highest BCUT2D eigenvalue weighted by atomic mass is 16.2. The fraction of sp³-hybridized carbons (Fsp3) is 0.111. The maximum absolute atomic E-state index is 12.0. The first kappa shape index (κ1) is 15.2. The van der Waals surface area contributed by atoms with Gasteiger partial charge in [-0.15, -0.1) is 0 Å². The molecule has 3 heterocycles. The highest BCUT2D eigenvalue weighted by Gasteiger charge is 2.23. The van der Waals surface area contributed by atoms with Crippen LogP contribution in [-0.4, -0.2) is 20.9 Å². The summed E-state index contributed by atoms with van der Waals surface area (Å²) in [6.07, 6.45) is 1.78. The number of amides is 1. The minimum Gasteiger partial charge on any atom is -0.346 e. The summed E-state index contributed by atoms with van der Waals surface area (Å²) in [7, 11) is 0. The van der Waals surface area contributed by atoms with Crippen molar-refractivity contribution in [1.82, 2.24) is 20.4 Å². The van der Waals surface area contributed by atoms with E-state index in [1.807, 2.05) is 42.5 Å². The molecule has 0 radical (unpaired) electrons. The Morgan fingerprint density at radius 1 is 1.08 bits per heavy atom. The van der Waals surface area contributed by atoms with Crippen LogP contribution in [0.2, 0.25) is 0 Å². The molecular formula is C18H16N6O. The largest absolute Gasteiger partial charge is 0.346 e. The molecule has 1 aliphatic heterocycles. The van der Waals surface area contributed by atoms with Gasteiger partial charge >= 0.3 is 5.91 Å². The maximum atomic E-state index is 12.0. The van der Waals surface area contributed by atoms with Gasteiger partial charge in [0.2, 0.25) is 5.82 Å². The smallest absolute Gasteiger partial charge is 0.303 e. The number of carbonyl (C=O) groups is 1. The fourth-order valence-corrected chi connectivity index (χ4v) is 2.88. The van der Waals surface area contributed by atoms with E-state index in [9.17, 15) is 4.79 Å². The van der Waals surface area contributed by atoms with Gasteiger partial charge in [-0.1, -0.05) is 36.4 Å². The van der Waals surface area contributed by atoms with Crippen LogP contribution in [-0.2, 0) is 13.1 Å². The molecule has 0 saturated carbocycles. The van der Waals surface area contributed by atoms with E-state index in [0.29, 0.717) is 24.6 Å². The van der Waals surface area contributed by atoms with Crippen LogP contribution in [0, 0.1) is 0 Å². The van der Waals surface area contributed by atoms with Gasteiger partial charge in [0.15, 0.2) is 0 Å². The molecule has 0 fully saturated rings. The first-order valence-electron chi connectivity index (χ1n) is 7.88. The average Bonchev–Trinajstić information content (AvgIpc) is 3.12. The summed E-state index contributed by atoms with van der Waals surface area (Å²) >= 11 is 0. The Kier molecular flexibility index (Phi) is 3.83. The van der Waals surface area contributed by atoms with Crippen LogP contribution in [0.5, 0.6) is 0 Å². The number of aromatic nitrogens is 3. The summed E-state index contributed by atoms with van der Waals surface area (Å²) in [4.78, 5) is 27.2. The average molecular weight is 332 g/mol. The molecule has 3 aromatic rings. The molecule has 25 heavy (non-hydrogen) atoms. The lowest BCUT2D eigenvalue weighted by Crippen LogP contribution is -2.32. The van der Waals surface area contributed by atoms with Crippen molar-refractivity contribution in [2.24, 2.45) is 5.84 Å². The zero-order chi connectivity index (χ0) is 17.2. The first-order chi connectivity index (χ1) is 12.2. The molecule has 0 aliphatic carbocycles. The number of nitrogens with zero attached hydrogens (tertiary/aromatic N) is 4. The van der Waals surface area contributed by atoms with E-state index < -0.39 is 5.91 Å². The van der Waals surface area contributed by atoms with Crippen LogP contribution in [0.3, 0.4) is 0 Å². The van der Waals surface area contributed by atoms with E-state index >= 15 is 0 Å². The fourth-order valence-electron chi connectivity index (χ4n) is 2.88. The normalized spacial score (nSPS) is 12.8. The van der Waals surface area contributed by atoms with Crippen molar-refractivity contribution in [2.45, 2.75) is 13.1 Å². The minimum atomic E-state index is -0.520. The Labute approximate surface area is 144 Å². The van der Waals surface area contributed by atoms with Crippen LogP contribution in [0.15, 0.2) is 54.7 Å². The summed E-state index contributed by atoms with van der Waals surface area (Å²) < 4.78 is 0. The van der Waals surface area contributed by atoms with Crippen LogP contribution in [0.4, 0.5) is 5.82 Å². The lowest BCUT2D eigenvalue weighted by Gasteiger charge is -2.17. The van der Waals surface area contributed by atoms with Crippen molar-refractivity contribution in [3.05, 3.63) is 71.8 Å². The van der Waals surface area contributed by atoms with E-state index in [-0.39, 0.29) is 5.82 Å². The van der Waals surface area contributed by atoms with Crippen molar-refractivity contribution in [2.75, 3.05) is 4.90 Å². The topological polar surface area (TPSA) is 97.0 Å². The number of hydrogen-bond acceptors (Lipinski definition) is 6. The predicted molar refractivity (Wildman–Crippen MR) is 93.2 cm³/mol. The lowest BCUT2D eigenvalue weighted by molar-refractivity contribution is 0.0943. The molecule has 4 rings (SSSR count). The summed E-state index contributed by atoms with van der Waals surface area (Å²) in [6.45, 7) is 1.34. The summed E-state index contributed by atoms with van der Waals surface area (Å²) in [5.41, 5.74) is 5.86. The minimum absolute atomic E-state index is 0.0442. The molecule has 0 spiro atoms. The number of pyridine rings is 1. The zero-order valence-electron chi connectivity index (χ0n) is 13.4. The zero-order valence-corrected chi connectivity index (χ0v) is 13.4. The van der Waals surface area contributed by atoms with Gasteiger partial charge < -0.3 is 4.90 Å². The molecule has 3 N–H and O–H groups in total. The second-order valence-electron chi connectivity index (χ2n) is 5.74. The Bertz CT molecular complexity index is 903. The Morgan fingerprint density at radius 3 is 2.68 bits per heavy atom. The van der Waals surface area contributed by atoms with Crippen LogP contribution < -0.4 is 16.2 Å². The van der Waals surface area contributed by atoms with E-state index in [2.05, 4.69) is 31.3 Å². The van der Waals surface area contributed by atoms with Gasteiger partial charge in [-0.25, -0.2) is 15.8 Å². The van der Waals surface area contributed by atoms with Crippen molar-refractivity contribution in [1.29, 1.82) is 0 Å². The van der Waals surface area contributed by atoms with Gasteiger partial charge in [0.1, 0.15) is 5.82 Å². The van der Waals surface area contributed by atoms with Crippen molar-refractivity contribution < 1.29 is 4.79 Å². The van der Waals surface area contributed by atoms with Gasteiger partial charge in [0, 0.05) is 24.4 Å². The molecule has 0 unspecified atom stereocenters. The summed E-state index contributed by atoms with van der Waals surface area (Å²) in [5.74, 6) is 5.46. The van der Waals surface area contributed by atoms with Crippen molar-refractivity contribution in [3.63, 3.8) is 0 Å².